The number of nitrogens with zero attached hydrogens (tertiary/aromatic N) is 3. The van der Waals surface area contributed by atoms with Gasteiger partial charge in [-0.3, -0.25) is 0 Å². The van der Waals surface area contributed by atoms with E-state index in [2.05, 4.69) is 14.5 Å². The van der Waals surface area contributed by atoms with E-state index in [-0.39, 0.29) is 41.1 Å². The topological polar surface area (TPSA) is 134 Å². The van der Waals surface area contributed by atoms with Gasteiger partial charge in [-0.2, -0.15) is 0 Å². The van der Waals surface area contributed by atoms with Gasteiger partial charge in [-0.1, -0.05) is 5.21 Å². The van der Waals surface area contributed by atoms with Crippen molar-refractivity contribution < 1.29 is 65.7 Å². The minimum absolute atomic E-state index is 0. The number of benzene rings is 2. The van der Waals surface area contributed by atoms with E-state index < -0.39 is 10.4 Å². The first-order valence-corrected chi connectivity index (χ1v) is 9.69. The molecule has 0 atom stereocenters. The molecule has 31 heavy (non-hydrogen) atoms. The third-order valence-corrected chi connectivity index (χ3v) is 4.48. The molecule has 13 heteroatoms. The Morgan fingerprint density at radius 1 is 0.871 bits per heavy atom. The van der Waals surface area contributed by atoms with Crippen molar-refractivity contribution in [1.82, 2.24) is 15.0 Å². The molecule has 160 valence electrons. The van der Waals surface area contributed by atoms with Crippen LogP contribution in [0.5, 0.6) is 28.7 Å². The van der Waals surface area contributed by atoms with Crippen molar-refractivity contribution in [2.75, 3.05) is 28.4 Å². The number of methoxy groups -OCH3 is 4. The Bertz CT molecular complexity index is 1140. The van der Waals surface area contributed by atoms with Crippen LogP contribution >= 0.6 is 0 Å². The molecule has 0 saturated carbocycles. The van der Waals surface area contributed by atoms with Crippen LogP contribution in [0.4, 0.5) is 0 Å². The van der Waals surface area contributed by atoms with Crippen LogP contribution in [-0.2, 0) is 10.4 Å². The summed E-state index contributed by atoms with van der Waals surface area (Å²) in [4.78, 5) is 0. The molecule has 0 aliphatic carbocycles. The van der Waals surface area contributed by atoms with E-state index in [1.165, 1.54) is 51.5 Å². The van der Waals surface area contributed by atoms with E-state index in [1.54, 1.807) is 18.2 Å². The molecule has 0 spiro atoms. The minimum Gasteiger partial charge on any atom is -0.716 e. The largest absolute Gasteiger partial charge is 1.00 e. The van der Waals surface area contributed by atoms with Crippen molar-refractivity contribution >= 4 is 10.4 Å². The third kappa shape index (κ3) is 5.40. The molecule has 0 aliphatic heterocycles. The molecule has 0 N–H and O–H groups in total. The van der Waals surface area contributed by atoms with E-state index in [4.69, 9.17) is 18.9 Å². The van der Waals surface area contributed by atoms with Crippen molar-refractivity contribution in [3.8, 4) is 45.7 Å². The monoisotopic (exact) mass is 459 g/mol. The average Bonchev–Trinajstić information content (AvgIpc) is 3.21. The van der Waals surface area contributed by atoms with Crippen LogP contribution < -0.4 is 52.7 Å². The summed E-state index contributed by atoms with van der Waals surface area (Å²) in [7, 11) is 0.784. The molecule has 0 saturated heterocycles. The van der Waals surface area contributed by atoms with Gasteiger partial charge in [0.2, 0.25) is 5.75 Å². The summed E-state index contributed by atoms with van der Waals surface area (Å²) in [5.41, 5.74) is 1.47. The predicted molar refractivity (Wildman–Crippen MR) is 103 cm³/mol. The van der Waals surface area contributed by atoms with Gasteiger partial charge in [-0.15, -0.1) is 5.10 Å². The fraction of sp³-hybridized carbons (Fsp3) is 0.222. The average molecular weight is 459 g/mol. The maximum Gasteiger partial charge on any atom is 1.00 e. The first-order valence-electron chi connectivity index (χ1n) is 8.36. The molecule has 2 aromatic carbocycles. The Labute approximate surface area is 201 Å². The summed E-state index contributed by atoms with van der Waals surface area (Å²) >= 11 is 0. The summed E-state index contributed by atoms with van der Waals surface area (Å²) in [6.07, 6.45) is 1.46. The maximum atomic E-state index is 11.1. The zero-order valence-corrected chi connectivity index (χ0v) is 20.3. The number of rotatable bonds is 8. The van der Waals surface area contributed by atoms with Crippen molar-refractivity contribution in [3.05, 3.63) is 36.5 Å². The van der Waals surface area contributed by atoms with Crippen molar-refractivity contribution in [2.45, 2.75) is 0 Å². The zero-order chi connectivity index (χ0) is 21.9. The van der Waals surface area contributed by atoms with Crippen LogP contribution in [0.3, 0.4) is 0 Å². The summed E-state index contributed by atoms with van der Waals surface area (Å²) in [6, 6.07) is 7.77. The molecular formula is C18H18N3NaO8S. The fourth-order valence-electron chi connectivity index (χ4n) is 2.82. The van der Waals surface area contributed by atoms with Crippen LogP contribution in [0.2, 0.25) is 0 Å². The Kier molecular flexibility index (Phi) is 8.14. The second-order valence-corrected chi connectivity index (χ2v) is 6.75. The zero-order valence-electron chi connectivity index (χ0n) is 17.5. The smallest absolute Gasteiger partial charge is 0.716 e. The van der Waals surface area contributed by atoms with Crippen LogP contribution in [-0.4, -0.2) is 56.4 Å². The number of hydrogen-bond acceptors (Lipinski definition) is 10. The number of ether oxygens (including phenoxy) is 4. The van der Waals surface area contributed by atoms with Gasteiger partial charge in [-0.25, -0.2) is 13.1 Å². The van der Waals surface area contributed by atoms with E-state index in [1.807, 2.05) is 0 Å². The van der Waals surface area contributed by atoms with Gasteiger partial charge in [0, 0.05) is 17.7 Å². The second-order valence-electron chi connectivity index (χ2n) is 5.77. The Morgan fingerprint density at radius 3 is 2.00 bits per heavy atom. The van der Waals surface area contributed by atoms with Gasteiger partial charge in [0.1, 0.15) is 0 Å². The fourth-order valence-corrected chi connectivity index (χ4v) is 3.17. The van der Waals surface area contributed by atoms with Crippen LogP contribution in [0, 0.1) is 0 Å². The second kappa shape index (κ2) is 10.2. The number of aromatic nitrogens is 3. The van der Waals surface area contributed by atoms with Gasteiger partial charge >= 0.3 is 29.6 Å². The molecule has 0 radical (unpaired) electrons. The van der Waals surface area contributed by atoms with Crippen LogP contribution in [0.1, 0.15) is 0 Å². The van der Waals surface area contributed by atoms with Crippen molar-refractivity contribution in [1.29, 1.82) is 0 Å². The molecule has 0 fully saturated rings. The Morgan fingerprint density at radius 2 is 1.48 bits per heavy atom. The molecule has 11 nitrogen and oxygen atoms in total. The Balaban J connectivity index is 0.00000341. The summed E-state index contributed by atoms with van der Waals surface area (Å²) < 4.78 is 60.2. The van der Waals surface area contributed by atoms with Gasteiger partial charge in [0.15, 0.2) is 23.0 Å². The van der Waals surface area contributed by atoms with Gasteiger partial charge < -0.3 is 27.7 Å². The van der Waals surface area contributed by atoms with Gasteiger partial charge in [-0.05, 0) is 18.2 Å². The molecule has 1 heterocycles. The molecule has 0 aliphatic rings. The summed E-state index contributed by atoms with van der Waals surface area (Å²) in [6.45, 7) is 0. The van der Waals surface area contributed by atoms with Crippen LogP contribution in [0.15, 0.2) is 36.5 Å². The standard InChI is InChI=1S/C18H19N3O8S.Na/c1-25-14-6-5-11(7-15(14)29-30(22,23)24)13-10-19-20-21(13)12-8-16(26-2)18(28-4)17(9-12)27-3;/h5-10H,1-4H3,(H,22,23,24);/q;+1/p-1. The molecule has 0 amide bonds. The summed E-state index contributed by atoms with van der Waals surface area (Å²) in [5, 5.41) is 8.00. The van der Waals surface area contributed by atoms with Gasteiger partial charge in [0.25, 0.3) is 10.4 Å². The molecule has 0 unspecified atom stereocenters. The van der Waals surface area contributed by atoms with Crippen molar-refractivity contribution in [2.24, 2.45) is 0 Å². The first kappa shape index (κ1) is 24.8. The molecule has 3 aromatic rings. The molecular weight excluding hydrogens is 441 g/mol. The van der Waals surface area contributed by atoms with E-state index in [9.17, 15) is 13.0 Å². The van der Waals surface area contributed by atoms with Gasteiger partial charge in [0.05, 0.1) is 46.0 Å². The normalized spacial score (nSPS) is 10.7. The summed E-state index contributed by atoms with van der Waals surface area (Å²) in [5.74, 6) is 1.04. The molecule has 3 rings (SSSR count). The van der Waals surface area contributed by atoms with E-state index >= 15 is 0 Å². The molecule has 1 aromatic heterocycles. The maximum absolute atomic E-state index is 11.1. The van der Waals surface area contributed by atoms with Crippen molar-refractivity contribution in [3.63, 3.8) is 0 Å². The third-order valence-electron chi connectivity index (χ3n) is 4.09. The van der Waals surface area contributed by atoms with Crippen LogP contribution in [0.25, 0.3) is 16.9 Å². The first-order chi connectivity index (χ1) is 14.3. The van der Waals surface area contributed by atoms with E-state index in [0.29, 0.717) is 34.2 Å². The minimum atomic E-state index is -5.00. The predicted octanol–water partition coefficient (Wildman–Crippen LogP) is -1.19. The number of hydrogen-bond donors (Lipinski definition) is 0. The molecule has 0 bridgehead atoms. The SMILES string of the molecule is COc1ccc(-c2cnnn2-c2cc(OC)c(OC)c(OC)c2)cc1OS(=O)(=O)[O-].[Na+]. The Hall–Kier alpha value is -2.51. The van der Waals surface area contributed by atoms with E-state index in [0.717, 1.165) is 0 Å². The quantitative estimate of drug-likeness (QED) is 0.230.